The Kier molecular flexibility index (Phi) is 7.91. The van der Waals surface area contributed by atoms with E-state index in [0.29, 0.717) is 37.7 Å². The summed E-state index contributed by atoms with van der Waals surface area (Å²) < 4.78 is 11.2. The van der Waals surface area contributed by atoms with E-state index in [-0.39, 0.29) is 24.4 Å². The molecule has 0 radical (unpaired) electrons. The summed E-state index contributed by atoms with van der Waals surface area (Å²) in [5, 5.41) is 3.06. The summed E-state index contributed by atoms with van der Waals surface area (Å²) >= 11 is 0. The largest absolute Gasteiger partial charge is 0.489 e. The van der Waals surface area contributed by atoms with E-state index in [0.717, 1.165) is 24.0 Å². The predicted octanol–water partition coefficient (Wildman–Crippen LogP) is 3.05. The molecule has 3 rings (SSSR count). The van der Waals surface area contributed by atoms with Crippen LogP contribution in [0.2, 0.25) is 0 Å². The molecule has 2 aromatic rings. The van der Waals surface area contributed by atoms with Crippen molar-refractivity contribution in [1.82, 2.24) is 5.32 Å². The Hall–Kier alpha value is -2.08. The lowest BCUT2D eigenvalue weighted by molar-refractivity contribution is 0.0696. The van der Waals surface area contributed by atoms with Crippen LogP contribution < -0.4 is 15.8 Å². The first kappa shape index (κ1) is 20.2. The van der Waals surface area contributed by atoms with Gasteiger partial charge in [-0.05, 0) is 36.6 Å². The number of hydrogen-bond donors (Lipinski definition) is 2. The Balaban J connectivity index is 0.00000243. The summed E-state index contributed by atoms with van der Waals surface area (Å²) in [5.41, 5.74) is 8.37. The van der Waals surface area contributed by atoms with Crippen LogP contribution in [0.4, 0.5) is 0 Å². The van der Waals surface area contributed by atoms with Crippen LogP contribution in [0.15, 0.2) is 48.5 Å². The van der Waals surface area contributed by atoms with Crippen molar-refractivity contribution in [3.8, 4) is 5.75 Å². The van der Waals surface area contributed by atoms with Crippen molar-refractivity contribution in [2.45, 2.75) is 32.0 Å². The normalized spacial score (nSPS) is 14.3. The first-order valence-electron chi connectivity index (χ1n) is 8.64. The number of nitrogens with one attached hydrogen (secondary N) is 1. The van der Waals surface area contributed by atoms with E-state index in [1.165, 1.54) is 0 Å². The van der Waals surface area contributed by atoms with Gasteiger partial charge in [-0.25, -0.2) is 0 Å². The van der Waals surface area contributed by atoms with Crippen molar-refractivity contribution < 1.29 is 14.3 Å². The Labute approximate surface area is 160 Å². The number of ether oxygens (including phenoxy) is 2. The summed E-state index contributed by atoms with van der Waals surface area (Å²) in [6.45, 7) is 2.19. The monoisotopic (exact) mass is 376 g/mol. The molecule has 1 aliphatic heterocycles. The van der Waals surface area contributed by atoms with Crippen LogP contribution in [-0.4, -0.2) is 25.2 Å². The van der Waals surface area contributed by atoms with Gasteiger partial charge < -0.3 is 20.5 Å². The van der Waals surface area contributed by atoms with Crippen LogP contribution in [0.25, 0.3) is 0 Å². The van der Waals surface area contributed by atoms with Gasteiger partial charge in [-0.2, -0.15) is 0 Å². The number of amides is 1. The maximum atomic E-state index is 12.4. The molecule has 1 amide bonds. The minimum Gasteiger partial charge on any atom is -0.489 e. The van der Waals surface area contributed by atoms with E-state index in [2.05, 4.69) is 5.32 Å². The number of carbonyl (C=O) groups excluding carboxylic acids is 1. The topological polar surface area (TPSA) is 73.6 Å². The van der Waals surface area contributed by atoms with Crippen LogP contribution in [0.5, 0.6) is 5.75 Å². The van der Waals surface area contributed by atoms with Crippen LogP contribution in [0.3, 0.4) is 0 Å². The molecule has 0 aliphatic carbocycles. The van der Waals surface area contributed by atoms with E-state index >= 15 is 0 Å². The molecule has 0 unspecified atom stereocenters. The molecular weight excluding hydrogens is 352 g/mol. The first-order valence-corrected chi connectivity index (χ1v) is 8.64. The second-order valence-corrected chi connectivity index (χ2v) is 6.16. The number of nitrogens with two attached hydrogens (primary N) is 1. The van der Waals surface area contributed by atoms with Crippen LogP contribution in [0.1, 0.15) is 34.3 Å². The van der Waals surface area contributed by atoms with Gasteiger partial charge in [-0.3, -0.25) is 4.79 Å². The molecule has 1 heterocycles. The van der Waals surface area contributed by atoms with Crippen LogP contribution in [0, 0.1) is 0 Å². The molecule has 2 aromatic carbocycles. The van der Waals surface area contributed by atoms with E-state index in [1.54, 1.807) is 6.07 Å². The maximum Gasteiger partial charge on any atom is 0.251 e. The molecule has 0 bridgehead atoms. The van der Waals surface area contributed by atoms with Gasteiger partial charge in [0.2, 0.25) is 0 Å². The van der Waals surface area contributed by atoms with Gasteiger partial charge in [-0.15, -0.1) is 12.4 Å². The minimum atomic E-state index is -0.0730. The van der Waals surface area contributed by atoms with Gasteiger partial charge in [0.15, 0.2) is 0 Å². The summed E-state index contributed by atoms with van der Waals surface area (Å²) in [6.07, 6.45) is 1.71. The van der Waals surface area contributed by atoms with Gasteiger partial charge >= 0.3 is 0 Å². The minimum absolute atomic E-state index is 0. The molecular formula is C20H25ClN2O3. The molecule has 0 saturated carbocycles. The number of rotatable bonds is 6. The highest BCUT2D eigenvalue weighted by Gasteiger charge is 2.17. The number of halogens is 1. The van der Waals surface area contributed by atoms with Gasteiger partial charge in [-0.1, -0.05) is 30.3 Å². The van der Waals surface area contributed by atoms with Gasteiger partial charge in [0, 0.05) is 36.9 Å². The van der Waals surface area contributed by atoms with Crippen molar-refractivity contribution in [2.24, 2.45) is 5.73 Å². The number of benzene rings is 2. The lowest BCUT2D eigenvalue weighted by Crippen LogP contribution is -2.38. The molecule has 0 spiro atoms. The lowest BCUT2D eigenvalue weighted by atomic mass is 10.1. The van der Waals surface area contributed by atoms with Gasteiger partial charge in [0.05, 0.1) is 0 Å². The Morgan fingerprint density at radius 3 is 2.58 bits per heavy atom. The van der Waals surface area contributed by atoms with E-state index in [9.17, 15) is 4.79 Å². The average Bonchev–Trinajstić information content (AvgIpc) is 2.67. The summed E-state index contributed by atoms with van der Waals surface area (Å²) in [4.78, 5) is 12.4. The van der Waals surface area contributed by atoms with Crippen molar-refractivity contribution >= 4 is 18.3 Å². The third-order valence-corrected chi connectivity index (χ3v) is 4.34. The predicted molar refractivity (Wildman–Crippen MR) is 104 cm³/mol. The average molecular weight is 377 g/mol. The van der Waals surface area contributed by atoms with Crippen molar-refractivity contribution in [1.29, 1.82) is 0 Å². The summed E-state index contributed by atoms with van der Waals surface area (Å²) in [5.74, 6) is 0.644. The third kappa shape index (κ3) is 5.46. The molecule has 5 nitrogen and oxygen atoms in total. The second-order valence-electron chi connectivity index (χ2n) is 6.16. The van der Waals surface area contributed by atoms with Crippen LogP contribution in [-0.2, 0) is 17.9 Å². The van der Waals surface area contributed by atoms with Gasteiger partial charge in [0.1, 0.15) is 12.4 Å². The fraction of sp³-hybridized carbons (Fsp3) is 0.350. The van der Waals surface area contributed by atoms with Gasteiger partial charge in [0.25, 0.3) is 5.91 Å². The fourth-order valence-electron chi connectivity index (χ4n) is 2.87. The standard InChI is InChI=1S/C20H24N2O3.ClH/c21-13-17-12-16(20(23)22-18-8-10-24-11-9-18)6-7-19(17)25-14-15-4-2-1-3-5-15;/h1-7,12,18H,8-11,13-14,21H2,(H,22,23);1H. The SMILES string of the molecule is Cl.NCc1cc(C(=O)NC2CCOCC2)ccc1OCc1ccccc1. The van der Waals surface area contributed by atoms with E-state index in [4.69, 9.17) is 15.2 Å². The molecule has 26 heavy (non-hydrogen) atoms. The first-order chi connectivity index (χ1) is 12.3. The zero-order valence-electron chi connectivity index (χ0n) is 14.6. The second kappa shape index (κ2) is 10.2. The number of hydrogen-bond acceptors (Lipinski definition) is 4. The highest BCUT2D eigenvalue weighted by molar-refractivity contribution is 5.94. The molecule has 1 aliphatic rings. The van der Waals surface area contributed by atoms with E-state index in [1.807, 2.05) is 42.5 Å². The maximum absolute atomic E-state index is 12.4. The molecule has 6 heteroatoms. The highest BCUT2D eigenvalue weighted by atomic mass is 35.5. The highest BCUT2D eigenvalue weighted by Crippen LogP contribution is 2.21. The fourth-order valence-corrected chi connectivity index (χ4v) is 2.87. The quantitative estimate of drug-likeness (QED) is 0.812. The lowest BCUT2D eigenvalue weighted by Gasteiger charge is -2.23. The molecule has 0 atom stereocenters. The summed E-state index contributed by atoms with van der Waals surface area (Å²) in [7, 11) is 0. The smallest absolute Gasteiger partial charge is 0.251 e. The molecule has 140 valence electrons. The Morgan fingerprint density at radius 1 is 1.15 bits per heavy atom. The Bertz CT molecular complexity index is 703. The van der Waals surface area contributed by atoms with Crippen LogP contribution >= 0.6 is 12.4 Å². The van der Waals surface area contributed by atoms with Crippen molar-refractivity contribution in [3.63, 3.8) is 0 Å². The third-order valence-electron chi connectivity index (χ3n) is 4.34. The Morgan fingerprint density at radius 2 is 1.88 bits per heavy atom. The van der Waals surface area contributed by atoms with Crippen molar-refractivity contribution in [3.05, 3.63) is 65.2 Å². The molecule has 1 fully saturated rings. The zero-order valence-corrected chi connectivity index (χ0v) is 15.5. The molecule has 0 aromatic heterocycles. The number of carbonyl (C=O) groups is 1. The molecule has 3 N–H and O–H groups in total. The van der Waals surface area contributed by atoms with E-state index < -0.39 is 0 Å². The molecule has 1 saturated heterocycles. The van der Waals surface area contributed by atoms with Crippen molar-refractivity contribution in [2.75, 3.05) is 13.2 Å². The summed E-state index contributed by atoms with van der Waals surface area (Å²) in [6, 6.07) is 15.6. The zero-order chi connectivity index (χ0) is 17.5.